The maximum Gasteiger partial charge on any atom is 0.0840 e. The smallest absolute Gasteiger partial charge is 0.0840 e. The van der Waals surface area contributed by atoms with Crippen LogP contribution in [0.3, 0.4) is 0 Å². The van der Waals surface area contributed by atoms with Crippen LogP contribution in [0, 0.1) is 19.7 Å². The fraction of sp³-hybridized carbons (Fsp3) is 0.348. The van der Waals surface area contributed by atoms with Gasteiger partial charge in [-0.3, -0.25) is 4.98 Å². The summed E-state index contributed by atoms with van der Waals surface area (Å²) in [4.78, 5) is 4.36. The molecule has 1 aromatic heterocycles. The predicted molar refractivity (Wildman–Crippen MR) is 102 cm³/mol. The first-order chi connectivity index (χ1) is 13.7. The van der Waals surface area contributed by atoms with E-state index in [-0.39, 0.29) is 17.8 Å². The second kappa shape index (κ2) is 6.39. The van der Waals surface area contributed by atoms with E-state index in [4.69, 9.17) is 6.85 Å². The summed E-state index contributed by atoms with van der Waals surface area (Å²) in [5, 5.41) is 1.51. The molecule has 0 atom stereocenters. The van der Waals surface area contributed by atoms with E-state index in [1.165, 1.54) is 31.2 Å². The molecule has 1 heteroatoms. The van der Waals surface area contributed by atoms with Crippen LogP contribution in [-0.2, 0) is 6.42 Å². The molecule has 1 nitrogen and oxygen atoms in total. The maximum atomic E-state index is 8.37. The second-order valence-corrected chi connectivity index (χ2v) is 7.02. The van der Waals surface area contributed by atoms with Crippen LogP contribution in [0.4, 0.5) is 0 Å². The third kappa shape index (κ3) is 3.08. The standard InChI is InChI=1S/C23H25N/c1-16-11-17(2)13-21(12-16)23-22-8-7-19(14-18-5-3-4-6-18)15-20(22)9-10-24-23/h7-13,15,18H,3-6,14H2,1-2H3/i1D3,9D,10D. The number of benzene rings is 2. The molecule has 0 N–H and O–H groups in total. The number of aryl methyl sites for hydroxylation is 2. The van der Waals surface area contributed by atoms with Crippen LogP contribution in [0.15, 0.2) is 48.6 Å². The molecule has 1 heterocycles. The lowest BCUT2D eigenvalue weighted by atomic mass is 9.94. The summed E-state index contributed by atoms with van der Waals surface area (Å²) in [6.07, 6.45) is 6.05. The number of rotatable bonds is 3. The maximum absolute atomic E-state index is 8.37. The zero-order valence-electron chi connectivity index (χ0n) is 19.0. The molecule has 0 unspecified atom stereocenters. The molecule has 0 radical (unpaired) electrons. The van der Waals surface area contributed by atoms with Crippen molar-refractivity contribution in [2.24, 2.45) is 5.92 Å². The highest BCUT2D eigenvalue weighted by molar-refractivity contribution is 5.95. The van der Waals surface area contributed by atoms with E-state index in [0.717, 1.165) is 17.4 Å². The van der Waals surface area contributed by atoms with Crippen LogP contribution in [0.2, 0.25) is 0 Å². The molecule has 0 spiro atoms. The minimum Gasteiger partial charge on any atom is -0.256 e. The van der Waals surface area contributed by atoms with Crippen molar-refractivity contribution in [3.63, 3.8) is 0 Å². The van der Waals surface area contributed by atoms with Crippen molar-refractivity contribution in [2.75, 3.05) is 0 Å². The molecular formula is C23H25N. The highest BCUT2D eigenvalue weighted by atomic mass is 14.7. The first kappa shape index (κ1) is 10.7. The van der Waals surface area contributed by atoms with E-state index >= 15 is 0 Å². The van der Waals surface area contributed by atoms with Gasteiger partial charge in [-0.05, 0) is 55.2 Å². The third-order valence-electron chi connectivity index (χ3n) is 5.05. The van der Waals surface area contributed by atoms with Crippen molar-refractivity contribution in [2.45, 2.75) is 45.9 Å². The van der Waals surface area contributed by atoms with Crippen molar-refractivity contribution >= 4 is 10.8 Å². The molecule has 0 saturated heterocycles. The average Bonchev–Trinajstić information content (AvgIpc) is 3.16. The van der Waals surface area contributed by atoms with Gasteiger partial charge in [0.2, 0.25) is 0 Å². The van der Waals surface area contributed by atoms with Crippen molar-refractivity contribution in [1.29, 1.82) is 0 Å². The summed E-state index contributed by atoms with van der Waals surface area (Å²) in [6.45, 7) is -0.342. The molecule has 1 aliphatic rings. The van der Waals surface area contributed by atoms with Crippen LogP contribution >= 0.6 is 0 Å². The van der Waals surface area contributed by atoms with Gasteiger partial charge in [0.25, 0.3) is 0 Å². The van der Waals surface area contributed by atoms with Crippen LogP contribution < -0.4 is 0 Å². The van der Waals surface area contributed by atoms with Crippen LogP contribution in [0.1, 0.15) is 49.2 Å². The van der Waals surface area contributed by atoms with Crippen LogP contribution in [0.25, 0.3) is 22.0 Å². The van der Waals surface area contributed by atoms with E-state index in [9.17, 15) is 0 Å². The lowest BCUT2D eigenvalue weighted by Gasteiger charge is -2.12. The molecule has 3 aromatic rings. The Kier molecular flexibility index (Phi) is 2.84. The van der Waals surface area contributed by atoms with Gasteiger partial charge in [-0.15, -0.1) is 0 Å². The van der Waals surface area contributed by atoms with Gasteiger partial charge in [0.1, 0.15) is 0 Å². The van der Waals surface area contributed by atoms with Gasteiger partial charge in [-0.2, -0.15) is 0 Å². The van der Waals surface area contributed by atoms with Crippen LogP contribution in [-0.4, -0.2) is 4.98 Å². The van der Waals surface area contributed by atoms with Gasteiger partial charge in [0.05, 0.1) is 8.44 Å². The number of nitrogens with zero attached hydrogens (tertiary/aromatic N) is 1. The molecule has 0 bridgehead atoms. The average molecular weight is 320 g/mol. The number of fused-ring (bicyclic) bond motifs is 1. The summed E-state index contributed by atoms with van der Waals surface area (Å²) >= 11 is 0. The summed E-state index contributed by atoms with van der Waals surface area (Å²) in [6, 6.07) is 11.4. The van der Waals surface area contributed by atoms with E-state index in [0.29, 0.717) is 22.6 Å². The first-order valence-electron chi connectivity index (χ1n) is 11.2. The quantitative estimate of drug-likeness (QED) is 0.555. The third-order valence-corrected chi connectivity index (χ3v) is 5.05. The van der Waals surface area contributed by atoms with Crippen molar-refractivity contribution in [3.05, 3.63) is 65.3 Å². The fourth-order valence-corrected chi connectivity index (χ4v) is 3.92. The minimum absolute atomic E-state index is 0.0811. The first-order valence-corrected chi connectivity index (χ1v) is 8.75. The topological polar surface area (TPSA) is 12.9 Å². The monoisotopic (exact) mass is 320 g/mol. The van der Waals surface area contributed by atoms with Gasteiger partial charge in [-0.25, -0.2) is 0 Å². The molecule has 24 heavy (non-hydrogen) atoms. The molecule has 4 rings (SSSR count). The van der Waals surface area contributed by atoms with E-state index in [1.54, 1.807) is 12.1 Å². The highest BCUT2D eigenvalue weighted by Crippen LogP contribution is 2.31. The summed E-state index contributed by atoms with van der Waals surface area (Å²) < 4.78 is 39.8. The molecular weight excluding hydrogens is 290 g/mol. The number of hydrogen-bond acceptors (Lipinski definition) is 1. The summed E-state index contributed by atoms with van der Waals surface area (Å²) in [5.41, 5.74) is 3.55. The Morgan fingerprint density at radius 1 is 1.12 bits per heavy atom. The molecule has 1 aliphatic carbocycles. The predicted octanol–water partition coefficient (Wildman–Crippen LogP) is 6.25. The van der Waals surface area contributed by atoms with Gasteiger partial charge < -0.3 is 0 Å². The summed E-state index contributed by atoms with van der Waals surface area (Å²) in [7, 11) is 0. The largest absolute Gasteiger partial charge is 0.256 e. The van der Waals surface area contributed by atoms with Gasteiger partial charge in [0, 0.05) is 21.2 Å². The van der Waals surface area contributed by atoms with Crippen LogP contribution in [0.5, 0.6) is 0 Å². The zero-order chi connectivity index (χ0) is 20.8. The number of hydrogen-bond donors (Lipinski definition) is 0. The zero-order valence-corrected chi connectivity index (χ0v) is 14.0. The fourth-order valence-electron chi connectivity index (χ4n) is 3.92. The van der Waals surface area contributed by atoms with Gasteiger partial charge in [-0.1, -0.05) is 61.1 Å². The SMILES string of the molecule is [2H]c1nc(-c2cc(C)cc(C([2H])([2H])[2H])c2)c2ccc(CC3CCCC3)cc2c1[2H]. The molecule has 1 saturated carbocycles. The molecule has 0 aliphatic heterocycles. The Labute approximate surface area is 151 Å². The molecule has 0 amide bonds. The van der Waals surface area contributed by atoms with E-state index in [2.05, 4.69) is 11.1 Å². The normalized spacial score (nSPS) is 18.8. The molecule has 122 valence electrons. The molecule has 2 aromatic carbocycles. The van der Waals surface area contributed by atoms with Gasteiger partial charge >= 0.3 is 0 Å². The minimum atomic E-state index is -2.20. The highest BCUT2D eigenvalue weighted by Gasteiger charge is 2.16. The lowest BCUT2D eigenvalue weighted by Crippen LogP contribution is -1.98. The Hall–Kier alpha value is -2.15. The Morgan fingerprint density at radius 3 is 2.79 bits per heavy atom. The summed E-state index contributed by atoms with van der Waals surface area (Å²) in [5.74, 6) is 0.706. The Bertz CT molecular complexity index is 1070. The number of pyridine rings is 1. The Balaban J connectivity index is 1.85. The van der Waals surface area contributed by atoms with Gasteiger partial charge in [0.15, 0.2) is 0 Å². The molecule has 1 fully saturated rings. The van der Waals surface area contributed by atoms with Crippen molar-refractivity contribution < 1.29 is 6.85 Å². The number of aromatic nitrogens is 1. The van der Waals surface area contributed by atoms with Crippen molar-refractivity contribution in [3.8, 4) is 11.3 Å². The second-order valence-electron chi connectivity index (χ2n) is 7.02. The van der Waals surface area contributed by atoms with E-state index < -0.39 is 6.85 Å². The van der Waals surface area contributed by atoms with E-state index in [1.807, 2.05) is 25.1 Å². The van der Waals surface area contributed by atoms with Crippen molar-refractivity contribution in [1.82, 2.24) is 4.98 Å². The lowest BCUT2D eigenvalue weighted by molar-refractivity contribution is 0.547. The Morgan fingerprint density at radius 2 is 1.96 bits per heavy atom.